The number of aliphatic imine (C=N–C) groups is 1. The highest BCUT2D eigenvalue weighted by Gasteiger charge is 2.23. The highest BCUT2D eigenvalue weighted by molar-refractivity contribution is 14.0. The summed E-state index contributed by atoms with van der Waals surface area (Å²) in [6, 6.07) is 11.7. The highest BCUT2D eigenvalue weighted by Crippen LogP contribution is 2.26. The van der Waals surface area contributed by atoms with E-state index in [1.807, 2.05) is 12.1 Å². The first-order valence-electron chi connectivity index (χ1n) is 9.87. The quantitative estimate of drug-likeness (QED) is 0.322. The zero-order valence-electron chi connectivity index (χ0n) is 17.3. The normalized spacial score (nSPS) is 15.4. The van der Waals surface area contributed by atoms with Gasteiger partial charge in [0, 0.05) is 25.7 Å². The van der Waals surface area contributed by atoms with E-state index in [-0.39, 0.29) is 42.1 Å². The zero-order valence-corrected chi connectivity index (χ0v) is 19.7. The molecule has 0 saturated carbocycles. The Hall–Kier alpha value is -1.94. The third-order valence-electron chi connectivity index (χ3n) is 5.22. The molecule has 2 aromatic rings. The number of methoxy groups -OCH3 is 1. The molecule has 30 heavy (non-hydrogen) atoms. The van der Waals surface area contributed by atoms with Crippen molar-refractivity contribution >= 4 is 29.9 Å². The number of benzene rings is 2. The molecule has 3 rings (SSSR count). The van der Waals surface area contributed by atoms with Crippen LogP contribution in [-0.4, -0.2) is 44.7 Å². The average Bonchev–Trinajstić information content (AvgIpc) is 3.27. The molecule has 164 valence electrons. The molecule has 0 spiro atoms. The molecule has 1 aliphatic rings. The Morgan fingerprint density at radius 2 is 1.80 bits per heavy atom. The smallest absolute Gasteiger partial charge is 0.191 e. The summed E-state index contributed by atoms with van der Waals surface area (Å²) in [7, 11) is 3.32. The maximum absolute atomic E-state index is 13.8. The minimum Gasteiger partial charge on any atom is -0.497 e. The van der Waals surface area contributed by atoms with Crippen LogP contribution in [0, 0.1) is 11.6 Å². The van der Waals surface area contributed by atoms with E-state index in [1.54, 1.807) is 14.2 Å². The van der Waals surface area contributed by atoms with Gasteiger partial charge in [-0.2, -0.15) is 0 Å². The molecule has 0 aliphatic carbocycles. The molecule has 0 aromatic heterocycles. The van der Waals surface area contributed by atoms with Crippen molar-refractivity contribution in [3.8, 4) is 5.75 Å². The van der Waals surface area contributed by atoms with Gasteiger partial charge in [0.25, 0.3) is 0 Å². The van der Waals surface area contributed by atoms with E-state index in [0.717, 1.165) is 31.0 Å². The van der Waals surface area contributed by atoms with Gasteiger partial charge in [-0.1, -0.05) is 12.1 Å². The van der Waals surface area contributed by atoms with E-state index in [2.05, 4.69) is 32.7 Å². The summed E-state index contributed by atoms with van der Waals surface area (Å²) in [5.74, 6) is 0.477. The van der Waals surface area contributed by atoms with Gasteiger partial charge in [-0.3, -0.25) is 9.89 Å². The number of hydrogen-bond donors (Lipinski definition) is 2. The minimum absolute atomic E-state index is 0. The van der Waals surface area contributed by atoms with Crippen molar-refractivity contribution in [2.45, 2.75) is 25.4 Å². The molecule has 0 amide bonds. The largest absolute Gasteiger partial charge is 0.497 e. The van der Waals surface area contributed by atoms with E-state index >= 15 is 0 Å². The van der Waals surface area contributed by atoms with Gasteiger partial charge in [0.2, 0.25) is 0 Å². The van der Waals surface area contributed by atoms with Gasteiger partial charge in [-0.05, 0) is 61.8 Å². The number of guanidine groups is 1. The van der Waals surface area contributed by atoms with Gasteiger partial charge in [0.15, 0.2) is 5.96 Å². The molecule has 1 heterocycles. The Morgan fingerprint density at radius 1 is 1.10 bits per heavy atom. The minimum atomic E-state index is -0.459. The lowest BCUT2D eigenvalue weighted by Crippen LogP contribution is -2.42. The van der Waals surface area contributed by atoms with Crippen LogP contribution in [0.25, 0.3) is 0 Å². The first-order valence-corrected chi connectivity index (χ1v) is 9.87. The predicted octanol–water partition coefficient (Wildman–Crippen LogP) is 4.09. The Bertz CT molecular complexity index is 826. The molecule has 1 unspecified atom stereocenters. The van der Waals surface area contributed by atoms with Gasteiger partial charge < -0.3 is 15.4 Å². The summed E-state index contributed by atoms with van der Waals surface area (Å²) in [6.07, 6.45) is 2.39. The maximum Gasteiger partial charge on any atom is 0.191 e. The summed E-state index contributed by atoms with van der Waals surface area (Å²) in [6.45, 7) is 2.91. The molecule has 1 aliphatic heterocycles. The standard InChI is InChI=1S/C22H28F2N4O.HI/c1-25-22(26-14-17-13-18(23)7-10-20(17)24)27-15-21(28-11-3-4-12-28)16-5-8-19(29-2)9-6-16;/h5-10,13,21H,3-4,11-12,14-15H2,1-2H3,(H2,25,26,27);1H. The summed E-state index contributed by atoms with van der Waals surface area (Å²) in [4.78, 5) is 6.67. The fourth-order valence-electron chi connectivity index (χ4n) is 3.61. The molecule has 1 fully saturated rings. The van der Waals surface area contributed by atoms with Gasteiger partial charge in [0.05, 0.1) is 13.2 Å². The molecule has 2 N–H and O–H groups in total. The Morgan fingerprint density at radius 3 is 2.43 bits per heavy atom. The molecule has 8 heteroatoms. The number of halogens is 3. The predicted molar refractivity (Wildman–Crippen MR) is 127 cm³/mol. The van der Waals surface area contributed by atoms with E-state index in [0.29, 0.717) is 12.5 Å². The van der Waals surface area contributed by atoms with Crippen LogP contribution in [0.15, 0.2) is 47.5 Å². The second-order valence-electron chi connectivity index (χ2n) is 7.07. The van der Waals surface area contributed by atoms with Crippen molar-refractivity contribution in [2.24, 2.45) is 4.99 Å². The highest BCUT2D eigenvalue weighted by atomic mass is 127. The monoisotopic (exact) mass is 530 g/mol. The second kappa shape index (κ2) is 12.0. The second-order valence-corrected chi connectivity index (χ2v) is 7.07. The molecule has 1 atom stereocenters. The first kappa shape index (κ1) is 24.3. The van der Waals surface area contributed by atoms with E-state index < -0.39 is 11.6 Å². The number of hydrogen-bond acceptors (Lipinski definition) is 3. The lowest BCUT2D eigenvalue weighted by Gasteiger charge is -2.29. The summed E-state index contributed by atoms with van der Waals surface area (Å²) >= 11 is 0. The van der Waals surface area contributed by atoms with Crippen molar-refractivity contribution in [3.05, 3.63) is 65.2 Å². The van der Waals surface area contributed by atoms with Gasteiger partial charge in [-0.25, -0.2) is 8.78 Å². The number of nitrogens with zero attached hydrogens (tertiary/aromatic N) is 2. The molecule has 5 nitrogen and oxygen atoms in total. The number of rotatable bonds is 7. The lowest BCUT2D eigenvalue weighted by atomic mass is 10.1. The van der Waals surface area contributed by atoms with Gasteiger partial charge >= 0.3 is 0 Å². The van der Waals surface area contributed by atoms with Crippen LogP contribution in [0.2, 0.25) is 0 Å². The fraction of sp³-hybridized carbons (Fsp3) is 0.409. The maximum atomic E-state index is 13.8. The van der Waals surface area contributed by atoms with Crippen molar-refractivity contribution < 1.29 is 13.5 Å². The topological polar surface area (TPSA) is 48.9 Å². The molecular weight excluding hydrogens is 501 g/mol. The molecule has 2 aromatic carbocycles. The van der Waals surface area contributed by atoms with E-state index in [4.69, 9.17) is 4.74 Å². The van der Waals surface area contributed by atoms with Crippen LogP contribution >= 0.6 is 24.0 Å². The molecule has 1 saturated heterocycles. The van der Waals surface area contributed by atoms with Crippen LogP contribution in [-0.2, 0) is 6.54 Å². The summed E-state index contributed by atoms with van der Waals surface area (Å²) < 4.78 is 32.5. The average molecular weight is 530 g/mol. The molecule has 0 radical (unpaired) electrons. The Labute approximate surface area is 193 Å². The SMILES string of the molecule is CN=C(NCc1cc(F)ccc1F)NCC(c1ccc(OC)cc1)N1CCCC1.I. The van der Waals surface area contributed by atoms with Crippen molar-refractivity contribution in [1.29, 1.82) is 0 Å². The van der Waals surface area contributed by atoms with E-state index in [9.17, 15) is 8.78 Å². The Balaban J connectivity index is 0.00000320. The van der Waals surface area contributed by atoms with Crippen molar-refractivity contribution in [2.75, 3.05) is 33.8 Å². The molecular formula is C22H29F2IN4O. The van der Waals surface area contributed by atoms with Crippen LogP contribution < -0.4 is 15.4 Å². The lowest BCUT2D eigenvalue weighted by molar-refractivity contribution is 0.245. The third kappa shape index (κ3) is 6.53. The molecule has 0 bridgehead atoms. The fourth-order valence-corrected chi connectivity index (χ4v) is 3.61. The van der Waals surface area contributed by atoms with Crippen LogP contribution in [0.1, 0.15) is 30.0 Å². The number of ether oxygens (including phenoxy) is 1. The van der Waals surface area contributed by atoms with Crippen LogP contribution in [0.5, 0.6) is 5.75 Å². The van der Waals surface area contributed by atoms with E-state index in [1.165, 1.54) is 24.5 Å². The van der Waals surface area contributed by atoms with Crippen LogP contribution in [0.3, 0.4) is 0 Å². The Kier molecular flexibility index (Phi) is 9.77. The summed E-state index contributed by atoms with van der Waals surface area (Å²) in [5.41, 5.74) is 1.46. The first-order chi connectivity index (χ1) is 14.1. The van der Waals surface area contributed by atoms with Gasteiger partial charge in [-0.15, -0.1) is 24.0 Å². The van der Waals surface area contributed by atoms with Crippen molar-refractivity contribution in [1.82, 2.24) is 15.5 Å². The third-order valence-corrected chi connectivity index (χ3v) is 5.22. The number of nitrogens with one attached hydrogen (secondary N) is 2. The number of likely N-dealkylation sites (tertiary alicyclic amines) is 1. The zero-order chi connectivity index (χ0) is 20.6. The van der Waals surface area contributed by atoms with Crippen molar-refractivity contribution in [3.63, 3.8) is 0 Å². The van der Waals surface area contributed by atoms with Gasteiger partial charge in [0.1, 0.15) is 17.4 Å². The summed E-state index contributed by atoms with van der Waals surface area (Å²) in [5, 5.41) is 6.39. The van der Waals surface area contributed by atoms with Crippen LogP contribution in [0.4, 0.5) is 8.78 Å².